The van der Waals surface area contributed by atoms with Gasteiger partial charge in [-0.1, -0.05) is 35.4 Å². The van der Waals surface area contributed by atoms with Crippen LogP contribution < -0.4 is 5.43 Å². The number of benzene rings is 2. The van der Waals surface area contributed by atoms with Crippen LogP contribution in [0, 0.1) is 41.5 Å². The highest BCUT2D eigenvalue weighted by atomic mass is 16.3. The van der Waals surface area contributed by atoms with Crippen molar-refractivity contribution in [3.05, 3.63) is 80.0 Å². The summed E-state index contributed by atoms with van der Waals surface area (Å²) in [4.78, 5) is 12.4. The molecule has 0 aliphatic carbocycles. The molecule has 0 bridgehead atoms. The molecule has 0 atom stereocenters. The minimum absolute atomic E-state index is 0.0324. The van der Waals surface area contributed by atoms with Gasteiger partial charge < -0.3 is 4.42 Å². The molecule has 3 aromatic rings. The van der Waals surface area contributed by atoms with E-state index in [1.165, 1.54) is 11.1 Å². The molecule has 0 saturated heterocycles. The van der Waals surface area contributed by atoms with Crippen molar-refractivity contribution < 1.29 is 4.42 Å². The van der Waals surface area contributed by atoms with E-state index in [-0.39, 0.29) is 5.43 Å². The van der Waals surface area contributed by atoms with Crippen LogP contribution in [0.4, 0.5) is 0 Å². The monoisotopic (exact) mass is 332 g/mol. The van der Waals surface area contributed by atoms with E-state index in [1.807, 2.05) is 0 Å². The summed E-state index contributed by atoms with van der Waals surface area (Å²) in [5.74, 6) is 1.27. The summed E-state index contributed by atoms with van der Waals surface area (Å²) >= 11 is 0. The van der Waals surface area contributed by atoms with Gasteiger partial charge in [-0.2, -0.15) is 0 Å². The lowest BCUT2D eigenvalue weighted by Gasteiger charge is -2.14. The van der Waals surface area contributed by atoms with Crippen molar-refractivity contribution in [2.45, 2.75) is 41.5 Å². The van der Waals surface area contributed by atoms with Gasteiger partial charge >= 0.3 is 0 Å². The van der Waals surface area contributed by atoms with Gasteiger partial charge in [0, 0.05) is 23.3 Å². The van der Waals surface area contributed by atoms with Gasteiger partial charge in [0.2, 0.25) is 0 Å². The third-order valence-electron chi connectivity index (χ3n) is 4.61. The zero-order valence-corrected chi connectivity index (χ0v) is 15.8. The van der Waals surface area contributed by atoms with Crippen molar-refractivity contribution in [1.82, 2.24) is 0 Å². The molecule has 0 amide bonds. The third-order valence-corrected chi connectivity index (χ3v) is 4.61. The average Bonchev–Trinajstić information content (AvgIpc) is 2.44. The quantitative estimate of drug-likeness (QED) is 0.591. The topological polar surface area (TPSA) is 30.2 Å². The first-order chi connectivity index (χ1) is 11.8. The molecule has 3 rings (SSSR count). The number of aryl methyl sites for hydroxylation is 6. The summed E-state index contributed by atoms with van der Waals surface area (Å²) in [7, 11) is 0. The Hall–Kier alpha value is -2.61. The van der Waals surface area contributed by atoms with E-state index >= 15 is 0 Å². The molecule has 25 heavy (non-hydrogen) atoms. The predicted octanol–water partition coefficient (Wildman–Crippen LogP) is 5.82. The minimum atomic E-state index is -0.0324. The number of hydrogen-bond donors (Lipinski definition) is 0. The van der Waals surface area contributed by atoms with E-state index < -0.39 is 0 Å². The lowest BCUT2D eigenvalue weighted by atomic mass is 9.96. The van der Waals surface area contributed by atoms with Gasteiger partial charge in [0.1, 0.15) is 11.5 Å². The molecular weight excluding hydrogens is 308 g/mol. The Labute approximate surface area is 149 Å². The van der Waals surface area contributed by atoms with Gasteiger partial charge in [-0.15, -0.1) is 0 Å². The normalized spacial score (nSPS) is 11.0. The molecule has 2 aromatic carbocycles. The van der Waals surface area contributed by atoms with E-state index in [9.17, 15) is 4.79 Å². The van der Waals surface area contributed by atoms with Crippen LogP contribution in [0.1, 0.15) is 33.4 Å². The molecule has 0 aliphatic heterocycles. The molecule has 0 fully saturated rings. The van der Waals surface area contributed by atoms with Gasteiger partial charge in [0.15, 0.2) is 5.43 Å². The molecule has 0 saturated carbocycles. The molecular formula is C23H24O2. The van der Waals surface area contributed by atoms with Crippen molar-refractivity contribution in [3.63, 3.8) is 0 Å². The summed E-state index contributed by atoms with van der Waals surface area (Å²) in [6, 6.07) is 11.7. The predicted molar refractivity (Wildman–Crippen MR) is 104 cm³/mol. The summed E-state index contributed by atoms with van der Waals surface area (Å²) in [5, 5.41) is 0. The van der Waals surface area contributed by atoms with Gasteiger partial charge in [0.25, 0.3) is 0 Å². The lowest BCUT2D eigenvalue weighted by Crippen LogP contribution is -2.02. The zero-order chi connectivity index (χ0) is 18.3. The first-order valence-corrected chi connectivity index (χ1v) is 8.58. The Bertz CT molecular complexity index is 898. The molecule has 1 heterocycles. The maximum atomic E-state index is 12.4. The Morgan fingerprint density at radius 2 is 0.880 bits per heavy atom. The van der Waals surface area contributed by atoms with E-state index in [4.69, 9.17) is 4.42 Å². The molecule has 2 heteroatoms. The number of hydrogen-bond acceptors (Lipinski definition) is 2. The largest absolute Gasteiger partial charge is 0.456 e. The van der Waals surface area contributed by atoms with Crippen LogP contribution in [-0.2, 0) is 0 Å². The highest BCUT2D eigenvalue weighted by Gasteiger charge is 2.15. The Morgan fingerprint density at radius 3 is 1.20 bits per heavy atom. The molecule has 128 valence electrons. The minimum Gasteiger partial charge on any atom is -0.456 e. The highest BCUT2D eigenvalue weighted by molar-refractivity contribution is 5.71. The fourth-order valence-corrected chi connectivity index (χ4v) is 3.86. The van der Waals surface area contributed by atoms with Crippen LogP contribution in [0.3, 0.4) is 0 Å². The average molecular weight is 332 g/mol. The Balaban J connectivity index is 2.27. The molecule has 1 aromatic heterocycles. The number of rotatable bonds is 2. The smallest absolute Gasteiger partial charge is 0.186 e. The van der Waals surface area contributed by atoms with Crippen LogP contribution >= 0.6 is 0 Å². The van der Waals surface area contributed by atoms with E-state index in [1.54, 1.807) is 12.1 Å². The van der Waals surface area contributed by atoms with E-state index in [0.717, 1.165) is 33.4 Å². The fraction of sp³-hybridized carbons (Fsp3) is 0.261. The van der Waals surface area contributed by atoms with Crippen molar-refractivity contribution in [1.29, 1.82) is 0 Å². The summed E-state index contributed by atoms with van der Waals surface area (Å²) in [5.41, 5.74) is 8.88. The Morgan fingerprint density at radius 1 is 0.560 bits per heavy atom. The summed E-state index contributed by atoms with van der Waals surface area (Å²) in [6.45, 7) is 12.4. The van der Waals surface area contributed by atoms with Crippen LogP contribution in [-0.4, -0.2) is 0 Å². The summed E-state index contributed by atoms with van der Waals surface area (Å²) in [6.07, 6.45) is 0. The van der Waals surface area contributed by atoms with Crippen LogP contribution in [0.5, 0.6) is 0 Å². The van der Waals surface area contributed by atoms with Gasteiger partial charge in [0.05, 0.1) is 0 Å². The van der Waals surface area contributed by atoms with Crippen molar-refractivity contribution >= 4 is 0 Å². The summed E-state index contributed by atoms with van der Waals surface area (Å²) < 4.78 is 6.23. The highest BCUT2D eigenvalue weighted by Crippen LogP contribution is 2.33. The first kappa shape index (κ1) is 17.2. The van der Waals surface area contributed by atoms with Crippen LogP contribution in [0.15, 0.2) is 45.6 Å². The molecule has 0 N–H and O–H groups in total. The van der Waals surface area contributed by atoms with Crippen molar-refractivity contribution in [2.75, 3.05) is 0 Å². The third kappa shape index (κ3) is 3.30. The molecule has 2 nitrogen and oxygen atoms in total. The van der Waals surface area contributed by atoms with Crippen LogP contribution in [0.25, 0.3) is 22.6 Å². The van der Waals surface area contributed by atoms with Crippen molar-refractivity contribution in [2.24, 2.45) is 0 Å². The standard InChI is InChI=1S/C23H24O2/c1-13-7-15(3)22(16(4)8-13)20-11-19(24)12-21(25-20)23-17(5)9-14(2)10-18(23)6/h7-12H,1-6H3. The van der Waals surface area contributed by atoms with E-state index in [0.29, 0.717) is 11.5 Å². The maximum Gasteiger partial charge on any atom is 0.186 e. The second kappa shape index (κ2) is 6.36. The maximum absolute atomic E-state index is 12.4. The molecule has 0 radical (unpaired) electrons. The van der Waals surface area contributed by atoms with E-state index in [2.05, 4.69) is 65.8 Å². The van der Waals surface area contributed by atoms with Gasteiger partial charge in [-0.3, -0.25) is 4.79 Å². The fourth-order valence-electron chi connectivity index (χ4n) is 3.86. The van der Waals surface area contributed by atoms with Crippen molar-refractivity contribution in [3.8, 4) is 22.6 Å². The first-order valence-electron chi connectivity index (χ1n) is 8.58. The second-order valence-electron chi connectivity index (χ2n) is 7.07. The molecule has 0 aliphatic rings. The molecule has 0 spiro atoms. The van der Waals surface area contributed by atoms with Crippen LogP contribution in [0.2, 0.25) is 0 Å². The molecule has 0 unspecified atom stereocenters. The zero-order valence-electron chi connectivity index (χ0n) is 15.8. The second-order valence-corrected chi connectivity index (χ2v) is 7.07. The SMILES string of the molecule is Cc1cc(C)c(-c2cc(=O)cc(-c3c(C)cc(C)cc3C)o2)c(C)c1. The lowest BCUT2D eigenvalue weighted by molar-refractivity contribution is 0.578. The van der Waals surface area contributed by atoms with Gasteiger partial charge in [-0.25, -0.2) is 0 Å². The Kier molecular flexibility index (Phi) is 4.38. The van der Waals surface area contributed by atoms with Gasteiger partial charge in [-0.05, 0) is 63.8 Å².